The molecule has 1 aliphatic carbocycles. The van der Waals surface area contributed by atoms with Crippen LogP contribution in [0.5, 0.6) is 0 Å². The summed E-state index contributed by atoms with van der Waals surface area (Å²) >= 11 is 23.4. The van der Waals surface area contributed by atoms with Crippen LogP contribution in [-0.4, -0.2) is 17.1 Å². The second-order valence-corrected chi connectivity index (χ2v) is 5.85. The molecule has 0 aromatic carbocycles. The molecule has 0 unspecified atom stereocenters. The smallest absolute Gasteiger partial charge is 0.358 e. The summed E-state index contributed by atoms with van der Waals surface area (Å²) in [5.74, 6) is -0.614. The van der Waals surface area contributed by atoms with Crippen LogP contribution in [0.25, 0.3) is 0 Å². The van der Waals surface area contributed by atoms with Crippen LogP contribution in [0.3, 0.4) is 0 Å². The Labute approximate surface area is 131 Å². The molecule has 1 fully saturated rings. The Hall–Kier alpha value is -0.220. The number of hydrogen-bond donors (Lipinski definition) is 0. The summed E-state index contributed by atoms with van der Waals surface area (Å²) in [6.07, 6.45) is 4.91. The Balaban J connectivity index is 2.19. The van der Waals surface area contributed by atoms with E-state index in [1.807, 2.05) is 0 Å². The van der Waals surface area contributed by atoms with Crippen LogP contribution in [0.15, 0.2) is 0 Å². The maximum absolute atomic E-state index is 12.0. The highest BCUT2D eigenvalue weighted by atomic mass is 35.5. The summed E-state index contributed by atoms with van der Waals surface area (Å²) in [7, 11) is 0. The van der Waals surface area contributed by atoms with Gasteiger partial charge in [-0.05, 0) is 25.7 Å². The minimum Gasteiger partial charge on any atom is -0.458 e. The second-order valence-electron chi connectivity index (χ2n) is 4.36. The van der Waals surface area contributed by atoms with E-state index >= 15 is 0 Å². The van der Waals surface area contributed by atoms with E-state index < -0.39 is 5.97 Å². The first-order chi connectivity index (χ1) is 9.00. The molecule has 0 N–H and O–H groups in total. The summed E-state index contributed by atoms with van der Waals surface area (Å²) < 4.78 is 5.36. The van der Waals surface area contributed by atoms with E-state index in [-0.39, 0.29) is 32.0 Å². The molecule has 1 aromatic heterocycles. The molecule has 104 valence electrons. The minimum absolute atomic E-state index is 0.0129. The molecule has 19 heavy (non-hydrogen) atoms. The van der Waals surface area contributed by atoms with Gasteiger partial charge in [0.2, 0.25) is 0 Å². The fraction of sp³-hybridized carbons (Fsp3) is 0.500. The first-order valence-electron chi connectivity index (χ1n) is 5.91. The summed E-state index contributed by atoms with van der Waals surface area (Å²) in [6.45, 7) is 0. The molecule has 2 rings (SSSR count). The SMILES string of the molecule is O=C(OC1CCCCC1)c1nc(Cl)c(Cl)c(Cl)c1Cl. The zero-order chi connectivity index (χ0) is 14.0. The minimum atomic E-state index is -0.614. The van der Waals surface area contributed by atoms with Gasteiger partial charge < -0.3 is 4.74 Å². The van der Waals surface area contributed by atoms with Crippen molar-refractivity contribution in [2.45, 2.75) is 38.2 Å². The van der Waals surface area contributed by atoms with Crippen LogP contribution >= 0.6 is 46.4 Å². The van der Waals surface area contributed by atoms with Crippen LogP contribution < -0.4 is 0 Å². The average Bonchev–Trinajstić information content (AvgIpc) is 2.41. The zero-order valence-electron chi connectivity index (χ0n) is 9.89. The van der Waals surface area contributed by atoms with Crippen molar-refractivity contribution in [3.63, 3.8) is 0 Å². The fourth-order valence-corrected chi connectivity index (χ4v) is 2.82. The molecular formula is C12H11Cl4NO2. The molecule has 1 saturated carbocycles. The first-order valence-corrected chi connectivity index (χ1v) is 7.43. The van der Waals surface area contributed by atoms with E-state index in [0.717, 1.165) is 25.7 Å². The van der Waals surface area contributed by atoms with Crippen LogP contribution in [0.4, 0.5) is 0 Å². The van der Waals surface area contributed by atoms with Crippen LogP contribution in [0, 0.1) is 0 Å². The average molecular weight is 343 g/mol. The third-order valence-electron chi connectivity index (χ3n) is 3.00. The van der Waals surface area contributed by atoms with Crippen LogP contribution in [0.1, 0.15) is 42.6 Å². The van der Waals surface area contributed by atoms with E-state index in [1.165, 1.54) is 6.42 Å². The Morgan fingerprint density at radius 1 is 1.00 bits per heavy atom. The maximum Gasteiger partial charge on any atom is 0.358 e. The van der Waals surface area contributed by atoms with E-state index in [0.29, 0.717) is 0 Å². The molecule has 0 bridgehead atoms. The molecule has 7 heteroatoms. The van der Waals surface area contributed by atoms with Crippen molar-refractivity contribution in [2.75, 3.05) is 0 Å². The molecule has 0 saturated heterocycles. The monoisotopic (exact) mass is 341 g/mol. The molecule has 0 atom stereocenters. The number of nitrogens with zero attached hydrogens (tertiary/aromatic N) is 1. The summed E-state index contributed by atoms with van der Waals surface area (Å²) in [5.41, 5.74) is -0.0911. The highest BCUT2D eigenvalue weighted by molar-refractivity contribution is 6.52. The van der Waals surface area contributed by atoms with Gasteiger partial charge in [-0.1, -0.05) is 52.8 Å². The number of ether oxygens (including phenoxy) is 1. The van der Waals surface area contributed by atoms with E-state index in [1.54, 1.807) is 0 Å². The van der Waals surface area contributed by atoms with Crippen molar-refractivity contribution in [1.29, 1.82) is 0 Å². The molecule has 3 nitrogen and oxygen atoms in total. The van der Waals surface area contributed by atoms with Gasteiger partial charge in [0.25, 0.3) is 0 Å². The topological polar surface area (TPSA) is 39.2 Å². The van der Waals surface area contributed by atoms with Gasteiger partial charge in [-0.25, -0.2) is 9.78 Å². The predicted molar refractivity (Wildman–Crippen MR) is 76.6 cm³/mol. The molecule has 1 aromatic rings. The second kappa shape index (κ2) is 6.49. The van der Waals surface area contributed by atoms with Crippen LogP contribution in [0.2, 0.25) is 20.2 Å². The van der Waals surface area contributed by atoms with Crippen molar-refractivity contribution in [2.24, 2.45) is 0 Å². The van der Waals surface area contributed by atoms with Gasteiger partial charge in [0.05, 0.1) is 15.1 Å². The molecule has 0 radical (unpaired) electrons. The summed E-state index contributed by atoms with van der Waals surface area (Å²) in [5, 5.41) is -0.0509. The predicted octanol–water partition coefficient (Wildman–Crippen LogP) is 5.18. The molecule has 0 aliphatic heterocycles. The fourth-order valence-electron chi connectivity index (χ4n) is 2.01. The number of carbonyl (C=O) groups is 1. The van der Waals surface area contributed by atoms with Gasteiger partial charge in [-0.3, -0.25) is 0 Å². The Morgan fingerprint density at radius 3 is 2.26 bits per heavy atom. The summed E-state index contributed by atoms with van der Waals surface area (Å²) in [4.78, 5) is 15.9. The van der Waals surface area contributed by atoms with Gasteiger partial charge >= 0.3 is 5.97 Å². The van der Waals surface area contributed by atoms with Crippen molar-refractivity contribution in [3.8, 4) is 0 Å². The lowest BCUT2D eigenvalue weighted by Gasteiger charge is -2.21. The quantitative estimate of drug-likeness (QED) is 0.548. The highest BCUT2D eigenvalue weighted by Gasteiger charge is 2.24. The zero-order valence-corrected chi connectivity index (χ0v) is 12.9. The number of carbonyl (C=O) groups excluding carboxylic acids is 1. The third-order valence-corrected chi connectivity index (χ3v) is 4.68. The van der Waals surface area contributed by atoms with Crippen molar-refractivity contribution >= 4 is 52.4 Å². The molecule has 1 aliphatic rings. The van der Waals surface area contributed by atoms with Gasteiger partial charge in [-0.2, -0.15) is 0 Å². The van der Waals surface area contributed by atoms with Gasteiger partial charge in [0.1, 0.15) is 11.3 Å². The molecule has 1 heterocycles. The lowest BCUT2D eigenvalue weighted by atomic mass is 9.98. The summed E-state index contributed by atoms with van der Waals surface area (Å²) in [6, 6.07) is 0. The van der Waals surface area contributed by atoms with Crippen molar-refractivity contribution in [3.05, 3.63) is 25.9 Å². The number of pyridine rings is 1. The van der Waals surface area contributed by atoms with Crippen molar-refractivity contribution in [1.82, 2.24) is 4.98 Å². The number of rotatable bonds is 2. The normalized spacial score (nSPS) is 16.4. The molecule has 0 spiro atoms. The largest absolute Gasteiger partial charge is 0.458 e. The van der Waals surface area contributed by atoms with Gasteiger partial charge in [0.15, 0.2) is 5.69 Å². The standard InChI is InChI=1S/C12H11Cl4NO2/c13-7-8(14)10(17-11(16)9(7)15)12(18)19-6-4-2-1-3-5-6/h6H,1-5H2. The Morgan fingerprint density at radius 2 is 1.63 bits per heavy atom. The van der Waals surface area contributed by atoms with E-state index in [2.05, 4.69) is 4.98 Å². The Kier molecular flexibility index (Phi) is 5.18. The number of esters is 1. The van der Waals surface area contributed by atoms with Gasteiger partial charge in [0, 0.05) is 0 Å². The number of aromatic nitrogens is 1. The molecular weight excluding hydrogens is 332 g/mol. The lowest BCUT2D eigenvalue weighted by Crippen LogP contribution is -2.22. The lowest BCUT2D eigenvalue weighted by molar-refractivity contribution is 0.0204. The first kappa shape index (κ1) is 15.2. The van der Waals surface area contributed by atoms with Gasteiger partial charge in [-0.15, -0.1) is 0 Å². The van der Waals surface area contributed by atoms with Crippen molar-refractivity contribution < 1.29 is 9.53 Å². The number of halogens is 4. The number of hydrogen-bond acceptors (Lipinski definition) is 3. The van der Waals surface area contributed by atoms with E-state index in [4.69, 9.17) is 51.1 Å². The third kappa shape index (κ3) is 3.46. The highest BCUT2D eigenvalue weighted by Crippen LogP contribution is 2.36. The van der Waals surface area contributed by atoms with Crippen LogP contribution in [-0.2, 0) is 4.74 Å². The molecule has 0 amide bonds. The maximum atomic E-state index is 12.0. The van der Waals surface area contributed by atoms with E-state index in [9.17, 15) is 4.79 Å². The Bertz CT molecular complexity index is 501.